The molecule has 0 aliphatic carbocycles. The summed E-state index contributed by atoms with van der Waals surface area (Å²) >= 11 is 1.33. The summed E-state index contributed by atoms with van der Waals surface area (Å²) in [6, 6.07) is 0. The number of rotatable bonds is 2. The molecule has 0 saturated heterocycles. The van der Waals surface area contributed by atoms with Gasteiger partial charge >= 0.3 is 0 Å². The average Bonchev–Trinajstić information content (AvgIpc) is 1.41. The first-order valence-electron chi connectivity index (χ1n) is 2.02. The van der Waals surface area contributed by atoms with Crippen LogP contribution in [-0.2, 0) is 0 Å². The molecule has 0 rings (SSSR count). The fourth-order valence-corrected chi connectivity index (χ4v) is 0.612. The van der Waals surface area contributed by atoms with Crippen LogP contribution < -0.4 is 0 Å². The Kier molecular flexibility index (Phi) is 4.51. The molecule has 0 aliphatic rings. The predicted molar refractivity (Wildman–Crippen MR) is 28.2 cm³/mol. The van der Waals surface area contributed by atoms with Gasteiger partial charge in [-0.1, -0.05) is 11.4 Å². The third-order valence-corrected chi connectivity index (χ3v) is 1.07. The van der Waals surface area contributed by atoms with Crippen molar-refractivity contribution < 1.29 is 0 Å². The Morgan fingerprint density at radius 1 is 1.80 bits per heavy atom. The van der Waals surface area contributed by atoms with Gasteiger partial charge in [0.05, 0.1) is 0 Å². The molecule has 0 aromatic heterocycles. The zero-order valence-electron chi connectivity index (χ0n) is 3.70. The van der Waals surface area contributed by atoms with Crippen LogP contribution in [-0.4, -0.2) is 16.3 Å². The molecular formula is C4H9Al. The minimum absolute atomic E-state index is 1.21. The van der Waals surface area contributed by atoms with Crippen LogP contribution in [0.2, 0.25) is 5.28 Å². The van der Waals surface area contributed by atoms with E-state index in [1.165, 1.54) is 28.0 Å². The Hall–Kier alpha value is 0.272. The lowest BCUT2D eigenvalue weighted by molar-refractivity contribution is 1.22. The summed E-state index contributed by atoms with van der Waals surface area (Å²) in [6.07, 6.45) is 3.18. The van der Waals surface area contributed by atoms with Crippen molar-refractivity contribution in [1.29, 1.82) is 0 Å². The molecule has 0 aromatic carbocycles. The summed E-state index contributed by atoms with van der Waals surface area (Å²) in [5.74, 6) is 0. The minimum Gasteiger partial charge on any atom is -0.103 e. The van der Waals surface area contributed by atoms with Crippen molar-refractivity contribution >= 4 is 16.3 Å². The zero-order chi connectivity index (χ0) is 4.12. The second-order valence-corrected chi connectivity index (χ2v) is 2.08. The molecule has 0 bridgehead atoms. The van der Waals surface area contributed by atoms with Gasteiger partial charge in [0.2, 0.25) is 16.3 Å². The normalized spacial score (nSPS) is 7.20. The second-order valence-electron chi connectivity index (χ2n) is 1.08. The van der Waals surface area contributed by atoms with E-state index in [1.807, 2.05) is 6.08 Å². The van der Waals surface area contributed by atoms with E-state index in [-0.39, 0.29) is 0 Å². The average molecular weight is 84.1 g/mol. The van der Waals surface area contributed by atoms with Gasteiger partial charge in [0.1, 0.15) is 0 Å². The maximum atomic E-state index is 3.57. The molecule has 5 heavy (non-hydrogen) atoms. The van der Waals surface area contributed by atoms with E-state index in [4.69, 9.17) is 0 Å². The molecule has 1 heteroatoms. The SMILES string of the molecule is C=CC[CH2][AlH2]. The van der Waals surface area contributed by atoms with Gasteiger partial charge in [0, 0.05) is 0 Å². The van der Waals surface area contributed by atoms with Crippen LogP contribution in [0.5, 0.6) is 0 Å². The molecule has 0 N–H and O–H groups in total. The van der Waals surface area contributed by atoms with Crippen molar-refractivity contribution in [3.8, 4) is 0 Å². The van der Waals surface area contributed by atoms with E-state index in [0.717, 1.165) is 0 Å². The van der Waals surface area contributed by atoms with Crippen molar-refractivity contribution in [3.05, 3.63) is 12.7 Å². The largest absolute Gasteiger partial charge is 0.212 e. The minimum atomic E-state index is 1.21. The Labute approximate surface area is 41.3 Å². The lowest BCUT2D eigenvalue weighted by Crippen LogP contribution is -1.58. The maximum absolute atomic E-state index is 3.57. The van der Waals surface area contributed by atoms with E-state index >= 15 is 0 Å². The Morgan fingerprint density at radius 3 is 2.40 bits per heavy atom. The summed E-state index contributed by atoms with van der Waals surface area (Å²) in [4.78, 5) is 0. The van der Waals surface area contributed by atoms with Crippen molar-refractivity contribution in [1.82, 2.24) is 0 Å². The number of hydrogen-bond donors (Lipinski definition) is 0. The van der Waals surface area contributed by atoms with Crippen LogP contribution in [0.25, 0.3) is 0 Å². The third kappa shape index (κ3) is 4.27. The smallest absolute Gasteiger partial charge is 0.103 e. The summed E-state index contributed by atoms with van der Waals surface area (Å²) < 4.78 is 0. The monoisotopic (exact) mass is 84.1 g/mol. The molecule has 28 valence electrons. The topological polar surface area (TPSA) is 0 Å². The van der Waals surface area contributed by atoms with E-state index in [1.54, 1.807) is 0 Å². The molecule has 0 saturated carbocycles. The highest BCUT2D eigenvalue weighted by atomic mass is 27.0. The lowest BCUT2D eigenvalue weighted by atomic mass is 10.5. The summed E-state index contributed by atoms with van der Waals surface area (Å²) in [5.41, 5.74) is 0. The van der Waals surface area contributed by atoms with E-state index < -0.39 is 0 Å². The highest BCUT2D eigenvalue weighted by molar-refractivity contribution is 6.08. The second kappa shape index (κ2) is 4.27. The molecule has 0 spiro atoms. The van der Waals surface area contributed by atoms with E-state index in [0.29, 0.717) is 0 Å². The van der Waals surface area contributed by atoms with Crippen molar-refractivity contribution in [2.24, 2.45) is 0 Å². The molecule has 0 aromatic rings. The van der Waals surface area contributed by atoms with Gasteiger partial charge in [-0.25, -0.2) is 0 Å². The first-order valence-corrected chi connectivity index (χ1v) is 3.44. The quantitative estimate of drug-likeness (QED) is 0.340. The standard InChI is InChI=1S/C4H7.Al.2H/c1-3-4-2;;;/h3H,1-2,4H2;;;. The number of allylic oxidation sites excluding steroid dienone is 1. The van der Waals surface area contributed by atoms with Gasteiger partial charge in [-0.05, 0) is 6.42 Å². The highest BCUT2D eigenvalue weighted by Gasteiger charge is 1.63. The number of hydrogen-bond acceptors (Lipinski definition) is 0. The molecule has 0 unspecified atom stereocenters. The van der Waals surface area contributed by atoms with Gasteiger partial charge in [-0.15, -0.1) is 6.58 Å². The van der Waals surface area contributed by atoms with E-state index in [9.17, 15) is 0 Å². The van der Waals surface area contributed by atoms with Gasteiger partial charge in [0.25, 0.3) is 0 Å². The molecule has 0 nitrogen and oxygen atoms in total. The van der Waals surface area contributed by atoms with Crippen LogP contribution >= 0.6 is 0 Å². The lowest BCUT2D eigenvalue weighted by Gasteiger charge is -1.72. The molecule has 0 atom stereocenters. The Balaban J connectivity index is 2.40. The van der Waals surface area contributed by atoms with Gasteiger partial charge < -0.3 is 0 Å². The fourth-order valence-electron chi connectivity index (χ4n) is 0.204. The summed E-state index contributed by atoms with van der Waals surface area (Å²) in [7, 11) is 0. The molecule has 0 aliphatic heterocycles. The summed E-state index contributed by atoms with van der Waals surface area (Å²) in [5, 5.41) is 1.36. The van der Waals surface area contributed by atoms with Crippen LogP contribution in [0.1, 0.15) is 6.42 Å². The summed E-state index contributed by atoms with van der Waals surface area (Å²) in [6.45, 7) is 3.57. The van der Waals surface area contributed by atoms with Gasteiger partial charge in [-0.3, -0.25) is 0 Å². The van der Waals surface area contributed by atoms with Crippen LogP contribution in [0.4, 0.5) is 0 Å². The highest BCUT2D eigenvalue weighted by Crippen LogP contribution is 1.79. The fraction of sp³-hybridized carbons (Fsp3) is 0.500. The van der Waals surface area contributed by atoms with Crippen molar-refractivity contribution in [2.75, 3.05) is 0 Å². The van der Waals surface area contributed by atoms with Crippen LogP contribution in [0.15, 0.2) is 12.7 Å². The first-order chi connectivity index (χ1) is 2.41. The van der Waals surface area contributed by atoms with E-state index in [2.05, 4.69) is 6.58 Å². The Morgan fingerprint density at radius 2 is 2.40 bits per heavy atom. The zero-order valence-corrected chi connectivity index (χ0v) is 5.70. The molecule has 0 amide bonds. The molecule has 0 radical (unpaired) electrons. The van der Waals surface area contributed by atoms with Gasteiger partial charge in [-0.2, -0.15) is 0 Å². The van der Waals surface area contributed by atoms with Crippen molar-refractivity contribution in [2.45, 2.75) is 11.7 Å². The Bertz CT molecular complexity index is 24.8. The molecular weight excluding hydrogens is 75.0 g/mol. The predicted octanol–water partition coefficient (Wildman–Crippen LogP) is 0.614. The van der Waals surface area contributed by atoms with Crippen molar-refractivity contribution in [3.63, 3.8) is 0 Å². The molecule has 0 heterocycles. The van der Waals surface area contributed by atoms with Gasteiger partial charge in [0.15, 0.2) is 0 Å². The molecule has 0 fully saturated rings. The van der Waals surface area contributed by atoms with Crippen LogP contribution in [0.3, 0.4) is 0 Å². The maximum Gasteiger partial charge on any atom is 0.212 e. The van der Waals surface area contributed by atoms with Crippen LogP contribution in [0, 0.1) is 0 Å². The third-order valence-electron chi connectivity index (χ3n) is 0.493. The first kappa shape index (κ1) is 5.27.